The van der Waals surface area contributed by atoms with E-state index < -0.39 is 5.97 Å². The number of hydrogen-bond donors (Lipinski definition) is 1. The summed E-state index contributed by atoms with van der Waals surface area (Å²) >= 11 is 0. The Morgan fingerprint density at radius 1 is 1.39 bits per heavy atom. The predicted molar refractivity (Wildman–Crippen MR) is 65.2 cm³/mol. The number of carboxylic acid groups (broad SMARTS) is 1. The monoisotopic (exact) mass is 252 g/mol. The molecule has 3 nitrogen and oxygen atoms in total. The quantitative estimate of drug-likeness (QED) is 0.875. The Hall–Kier alpha value is -1.58. The molecule has 0 amide bonds. The Morgan fingerprint density at radius 2 is 2.11 bits per heavy atom. The maximum atomic E-state index is 13.2. The van der Waals surface area contributed by atoms with Crippen LogP contribution in [0.5, 0.6) is 5.75 Å². The molecule has 1 saturated carbocycles. The SMILES string of the molecule is O=C(O)CCc1cc(F)ccc1OC1CCCC1. The van der Waals surface area contributed by atoms with Crippen molar-refractivity contribution in [2.24, 2.45) is 0 Å². The molecule has 1 aromatic rings. The summed E-state index contributed by atoms with van der Waals surface area (Å²) < 4.78 is 19.0. The maximum Gasteiger partial charge on any atom is 0.303 e. The van der Waals surface area contributed by atoms with Crippen LogP contribution in [0.4, 0.5) is 4.39 Å². The third kappa shape index (κ3) is 3.45. The molecule has 0 spiro atoms. The molecule has 1 aliphatic rings. The highest BCUT2D eigenvalue weighted by Crippen LogP contribution is 2.28. The fourth-order valence-corrected chi connectivity index (χ4v) is 2.29. The topological polar surface area (TPSA) is 46.5 Å². The van der Waals surface area contributed by atoms with Crippen molar-refractivity contribution < 1.29 is 19.0 Å². The Morgan fingerprint density at radius 3 is 2.78 bits per heavy atom. The number of benzene rings is 1. The van der Waals surface area contributed by atoms with E-state index in [0.717, 1.165) is 25.7 Å². The van der Waals surface area contributed by atoms with Crippen LogP contribution in [0.1, 0.15) is 37.7 Å². The molecule has 2 rings (SSSR count). The second-order valence-electron chi connectivity index (χ2n) is 4.67. The smallest absolute Gasteiger partial charge is 0.303 e. The standard InChI is InChI=1S/C14H17FO3/c15-11-6-7-13(18-12-3-1-2-4-12)10(9-11)5-8-14(16)17/h6-7,9,12H,1-5,8H2,(H,16,17). The molecular formula is C14H17FO3. The highest BCUT2D eigenvalue weighted by Gasteiger charge is 2.18. The van der Waals surface area contributed by atoms with Gasteiger partial charge in [-0.05, 0) is 55.9 Å². The molecule has 0 heterocycles. The molecule has 0 radical (unpaired) electrons. The van der Waals surface area contributed by atoms with E-state index in [4.69, 9.17) is 9.84 Å². The van der Waals surface area contributed by atoms with E-state index in [-0.39, 0.29) is 18.3 Å². The highest BCUT2D eigenvalue weighted by atomic mass is 19.1. The van der Waals surface area contributed by atoms with Crippen LogP contribution in [0.3, 0.4) is 0 Å². The lowest BCUT2D eigenvalue weighted by Crippen LogP contribution is -2.12. The predicted octanol–water partition coefficient (Wildman–Crippen LogP) is 3.16. The molecule has 0 atom stereocenters. The van der Waals surface area contributed by atoms with Crippen LogP contribution >= 0.6 is 0 Å². The first-order valence-corrected chi connectivity index (χ1v) is 6.32. The van der Waals surface area contributed by atoms with Crippen molar-refractivity contribution in [2.75, 3.05) is 0 Å². The van der Waals surface area contributed by atoms with Crippen molar-refractivity contribution in [3.05, 3.63) is 29.6 Å². The maximum absolute atomic E-state index is 13.2. The van der Waals surface area contributed by atoms with Gasteiger partial charge in [0.15, 0.2) is 0 Å². The molecule has 1 aromatic carbocycles. The zero-order valence-corrected chi connectivity index (χ0v) is 10.2. The lowest BCUT2D eigenvalue weighted by atomic mass is 10.1. The van der Waals surface area contributed by atoms with Gasteiger partial charge in [0.2, 0.25) is 0 Å². The van der Waals surface area contributed by atoms with Crippen molar-refractivity contribution in [1.29, 1.82) is 0 Å². The van der Waals surface area contributed by atoms with E-state index in [9.17, 15) is 9.18 Å². The second-order valence-corrected chi connectivity index (χ2v) is 4.67. The molecule has 0 aromatic heterocycles. The van der Waals surface area contributed by atoms with Crippen LogP contribution < -0.4 is 4.74 Å². The molecule has 98 valence electrons. The van der Waals surface area contributed by atoms with Crippen LogP contribution in [0.15, 0.2) is 18.2 Å². The van der Waals surface area contributed by atoms with Crippen LogP contribution in [0, 0.1) is 5.82 Å². The normalized spacial score (nSPS) is 15.8. The van der Waals surface area contributed by atoms with E-state index >= 15 is 0 Å². The summed E-state index contributed by atoms with van der Waals surface area (Å²) in [5, 5.41) is 8.68. The summed E-state index contributed by atoms with van der Waals surface area (Å²) in [7, 11) is 0. The van der Waals surface area contributed by atoms with E-state index in [1.54, 1.807) is 6.07 Å². The Bertz CT molecular complexity index is 425. The fourth-order valence-electron chi connectivity index (χ4n) is 2.29. The molecule has 1 fully saturated rings. The molecule has 4 heteroatoms. The number of hydrogen-bond acceptors (Lipinski definition) is 2. The van der Waals surface area contributed by atoms with Gasteiger partial charge in [0.1, 0.15) is 11.6 Å². The van der Waals surface area contributed by atoms with Gasteiger partial charge in [-0.25, -0.2) is 4.39 Å². The largest absolute Gasteiger partial charge is 0.490 e. The van der Waals surface area contributed by atoms with E-state index in [2.05, 4.69) is 0 Å². The highest BCUT2D eigenvalue weighted by molar-refractivity contribution is 5.67. The average molecular weight is 252 g/mol. The first-order chi connectivity index (χ1) is 8.65. The van der Waals surface area contributed by atoms with Gasteiger partial charge >= 0.3 is 5.97 Å². The summed E-state index contributed by atoms with van der Waals surface area (Å²) in [6.07, 6.45) is 4.86. The minimum atomic E-state index is -0.883. The van der Waals surface area contributed by atoms with Gasteiger partial charge in [-0.3, -0.25) is 4.79 Å². The average Bonchev–Trinajstić information content (AvgIpc) is 2.82. The van der Waals surface area contributed by atoms with Gasteiger partial charge in [-0.2, -0.15) is 0 Å². The van der Waals surface area contributed by atoms with Crippen LogP contribution in [0.2, 0.25) is 0 Å². The first-order valence-electron chi connectivity index (χ1n) is 6.32. The van der Waals surface area contributed by atoms with Gasteiger partial charge in [-0.15, -0.1) is 0 Å². The molecule has 1 N–H and O–H groups in total. The van der Waals surface area contributed by atoms with E-state index in [0.29, 0.717) is 17.7 Å². The number of carbonyl (C=O) groups is 1. The van der Waals surface area contributed by atoms with Crippen LogP contribution in [-0.2, 0) is 11.2 Å². The third-order valence-electron chi connectivity index (χ3n) is 3.23. The van der Waals surface area contributed by atoms with E-state index in [1.165, 1.54) is 12.1 Å². The molecule has 0 saturated heterocycles. The van der Waals surface area contributed by atoms with Gasteiger partial charge in [0, 0.05) is 6.42 Å². The number of aryl methyl sites for hydroxylation is 1. The first kappa shape index (κ1) is 12.9. The summed E-state index contributed by atoms with van der Waals surface area (Å²) in [4.78, 5) is 10.6. The molecular weight excluding hydrogens is 235 g/mol. The number of ether oxygens (including phenoxy) is 1. The molecule has 1 aliphatic carbocycles. The van der Waals surface area contributed by atoms with Gasteiger partial charge in [-0.1, -0.05) is 0 Å². The van der Waals surface area contributed by atoms with Gasteiger partial charge in [0.05, 0.1) is 6.10 Å². The molecule has 0 aliphatic heterocycles. The van der Waals surface area contributed by atoms with Crippen molar-refractivity contribution >= 4 is 5.97 Å². The number of halogens is 1. The Labute approximate surface area is 106 Å². The number of aliphatic carboxylic acids is 1. The fraction of sp³-hybridized carbons (Fsp3) is 0.500. The zero-order valence-electron chi connectivity index (χ0n) is 10.2. The van der Waals surface area contributed by atoms with Crippen molar-refractivity contribution in [3.8, 4) is 5.75 Å². The van der Waals surface area contributed by atoms with Crippen LogP contribution in [0.25, 0.3) is 0 Å². The summed E-state index contributed by atoms with van der Waals surface area (Å²) in [6.45, 7) is 0. The third-order valence-corrected chi connectivity index (χ3v) is 3.23. The van der Waals surface area contributed by atoms with Gasteiger partial charge in [0.25, 0.3) is 0 Å². The summed E-state index contributed by atoms with van der Waals surface area (Å²) in [6, 6.07) is 4.33. The lowest BCUT2D eigenvalue weighted by molar-refractivity contribution is -0.136. The summed E-state index contributed by atoms with van der Waals surface area (Å²) in [5.41, 5.74) is 0.643. The minimum absolute atomic E-state index is 0.00944. The Kier molecular flexibility index (Phi) is 4.18. The van der Waals surface area contributed by atoms with Crippen LogP contribution in [-0.4, -0.2) is 17.2 Å². The lowest BCUT2D eigenvalue weighted by Gasteiger charge is -2.16. The zero-order chi connectivity index (χ0) is 13.0. The number of carboxylic acids is 1. The summed E-state index contributed by atoms with van der Waals surface area (Å²) in [5.74, 6) is -0.607. The van der Waals surface area contributed by atoms with Crippen molar-refractivity contribution in [2.45, 2.75) is 44.6 Å². The second kappa shape index (κ2) is 5.85. The molecule has 0 bridgehead atoms. The number of rotatable bonds is 5. The van der Waals surface area contributed by atoms with Crippen molar-refractivity contribution in [1.82, 2.24) is 0 Å². The minimum Gasteiger partial charge on any atom is -0.490 e. The molecule has 0 unspecified atom stereocenters. The molecule has 18 heavy (non-hydrogen) atoms. The van der Waals surface area contributed by atoms with E-state index in [1.807, 2.05) is 0 Å². The van der Waals surface area contributed by atoms with Gasteiger partial charge < -0.3 is 9.84 Å². The van der Waals surface area contributed by atoms with Crippen molar-refractivity contribution in [3.63, 3.8) is 0 Å². The Balaban J connectivity index is 2.08.